The van der Waals surface area contributed by atoms with Gasteiger partial charge in [0.2, 0.25) is 5.91 Å². The van der Waals surface area contributed by atoms with Crippen molar-refractivity contribution in [3.05, 3.63) is 59.8 Å². The summed E-state index contributed by atoms with van der Waals surface area (Å²) in [5, 5.41) is 5.55. The van der Waals surface area contributed by atoms with Crippen molar-refractivity contribution in [2.45, 2.75) is 18.9 Å². The van der Waals surface area contributed by atoms with Gasteiger partial charge in [-0.15, -0.1) is 0 Å². The Morgan fingerprint density at radius 3 is 2.52 bits per heavy atom. The molecule has 8 nitrogen and oxygen atoms in total. The summed E-state index contributed by atoms with van der Waals surface area (Å²) in [4.78, 5) is 39.6. The van der Waals surface area contributed by atoms with E-state index in [1.165, 1.54) is 37.6 Å². The van der Waals surface area contributed by atoms with Crippen molar-refractivity contribution < 1.29 is 27.9 Å². The van der Waals surface area contributed by atoms with Gasteiger partial charge in [0.05, 0.1) is 12.9 Å². The van der Waals surface area contributed by atoms with Crippen LogP contribution in [0.2, 0.25) is 0 Å². The monoisotopic (exact) mass is 431 g/mol. The summed E-state index contributed by atoms with van der Waals surface area (Å²) < 4.78 is 23.3. The number of carbonyl (C=O) groups is 3. The molecule has 1 aliphatic heterocycles. The van der Waals surface area contributed by atoms with E-state index >= 15 is 0 Å². The van der Waals surface area contributed by atoms with E-state index in [1.54, 1.807) is 17.0 Å². The predicted octanol–water partition coefficient (Wildman–Crippen LogP) is 1.83. The molecule has 3 amide bonds. The third-order valence-corrected chi connectivity index (χ3v) is 5.31. The molecule has 3 rings (SSSR count). The van der Waals surface area contributed by atoms with Gasteiger partial charge in [0.25, 0.3) is 11.8 Å². The van der Waals surface area contributed by atoms with Gasteiger partial charge in [0, 0.05) is 32.3 Å². The maximum atomic E-state index is 13.2. The van der Waals surface area contributed by atoms with Crippen molar-refractivity contribution in [2.75, 3.05) is 33.4 Å². The average molecular weight is 431 g/mol. The fraction of sp³-hybridized carbons (Fsp3) is 0.409. The van der Waals surface area contributed by atoms with Crippen LogP contribution in [0.5, 0.6) is 0 Å². The number of nitrogens with zero attached hydrogens (tertiary/aromatic N) is 1. The van der Waals surface area contributed by atoms with E-state index in [2.05, 4.69) is 10.6 Å². The molecule has 0 bridgehead atoms. The average Bonchev–Trinajstić information content (AvgIpc) is 3.32. The number of furan rings is 1. The lowest BCUT2D eigenvalue weighted by atomic mass is 9.88. The smallest absolute Gasteiger partial charge is 0.289 e. The number of piperidine rings is 1. The number of amides is 3. The lowest BCUT2D eigenvalue weighted by Gasteiger charge is -2.35. The van der Waals surface area contributed by atoms with E-state index in [0.29, 0.717) is 39.1 Å². The number of carbonyl (C=O) groups excluding carboxylic acids is 3. The molecule has 1 unspecified atom stereocenters. The number of methoxy groups -OCH3 is 1. The van der Waals surface area contributed by atoms with Crippen molar-refractivity contribution in [3.8, 4) is 0 Å². The first-order valence-corrected chi connectivity index (χ1v) is 10.2. The Morgan fingerprint density at radius 2 is 1.90 bits per heavy atom. The molecule has 31 heavy (non-hydrogen) atoms. The Morgan fingerprint density at radius 1 is 1.19 bits per heavy atom. The third-order valence-electron chi connectivity index (χ3n) is 5.31. The van der Waals surface area contributed by atoms with E-state index in [0.717, 1.165) is 0 Å². The fourth-order valence-electron chi connectivity index (χ4n) is 3.60. The first-order chi connectivity index (χ1) is 15.0. The van der Waals surface area contributed by atoms with Gasteiger partial charge < -0.3 is 24.7 Å². The molecule has 1 saturated heterocycles. The van der Waals surface area contributed by atoms with Gasteiger partial charge in [-0.3, -0.25) is 14.4 Å². The van der Waals surface area contributed by atoms with Gasteiger partial charge in [-0.05, 0) is 55.2 Å². The summed E-state index contributed by atoms with van der Waals surface area (Å²) in [5.74, 6) is -1.30. The highest BCUT2D eigenvalue weighted by atomic mass is 19.1. The summed E-state index contributed by atoms with van der Waals surface area (Å²) in [6.07, 6.45) is 2.53. The molecule has 1 aliphatic rings. The molecule has 0 spiro atoms. The molecular weight excluding hydrogens is 405 g/mol. The second kappa shape index (κ2) is 10.7. The van der Waals surface area contributed by atoms with E-state index in [9.17, 15) is 18.8 Å². The van der Waals surface area contributed by atoms with Crippen LogP contribution in [0.4, 0.5) is 4.39 Å². The highest BCUT2D eigenvalue weighted by molar-refractivity contribution is 5.97. The highest BCUT2D eigenvalue weighted by Crippen LogP contribution is 2.23. The van der Waals surface area contributed by atoms with Gasteiger partial charge in [0.15, 0.2) is 5.76 Å². The van der Waals surface area contributed by atoms with Gasteiger partial charge in [-0.1, -0.05) is 0 Å². The minimum absolute atomic E-state index is 0.160. The number of benzene rings is 1. The zero-order chi connectivity index (χ0) is 22.2. The van der Waals surface area contributed by atoms with Crippen LogP contribution in [0.15, 0.2) is 47.1 Å². The van der Waals surface area contributed by atoms with Crippen LogP contribution in [-0.2, 0) is 9.53 Å². The first kappa shape index (κ1) is 22.5. The van der Waals surface area contributed by atoms with Crippen LogP contribution in [-0.4, -0.2) is 62.0 Å². The van der Waals surface area contributed by atoms with E-state index in [-0.39, 0.29) is 29.1 Å². The Hall–Kier alpha value is -3.20. The van der Waals surface area contributed by atoms with Gasteiger partial charge in [-0.2, -0.15) is 0 Å². The number of rotatable bonds is 8. The van der Waals surface area contributed by atoms with E-state index in [4.69, 9.17) is 9.15 Å². The number of likely N-dealkylation sites (tertiary alicyclic amines) is 1. The molecule has 0 radical (unpaired) electrons. The van der Waals surface area contributed by atoms with Crippen LogP contribution >= 0.6 is 0 Å². The van der Waals surface area contributed by atoms with E-state index in [1.807, 2.05) is 0 Å². The number of ether oxygens (including phenoxy) is 1. The summed E-state index contributed by atoms with van der Waals surface area (Å²) in [6, 6.07) is 7.62. The van der Waals surface area contributed by atoms with Crippen LogP contribution in [0.25, 0.3) is 0 Å². The van der Waals surface area contributed by atoms with Crippen molar-refractivity contribution in [2.24, 2.45) is 5.92 Å². The van der Waals surface area contributed by atoms with Gasteiger partial charge in [0.1, 0.15) is 11.9 Å². The predicted molar refractivity (Wildman–Crippen MR) is 110 cm³/mol. The van der Waals surface area contributed by atoms with Crippen molar-refractivity contribution in [3.63, 3.8) is 0 Å². The maximum Gasteiger partial charge on any atom is 0.289 e. The zero-order valence-corrected chi connectivity index (χ0v) is 17.3. The van der Waals surface area contributed by atoms with Crippen LogP contribution in [0.1, 0.15) is 33.8 Å². The molecule has 2 aromatic rings. The molecule has 166 valence electrons. The molecule has 0 saturated carbocycles. The summed E-state index contributed by atoms with van der Waals surface area (Å²) >= 11 is 0. The standard InChI is InChI=1S/C22H26FN3O5/c1-30-14-10-24-21(28)19(25-20(27)16-4-6-17(23)7-5-16)15-8-11-26(12-9-15)22(29)18-3-2-13-31-18/h2-7,13,15,19H,8-12,14H2,1H3,(H,24,28)(H,25,27). The topological polar surface area (TPSA) is 101 Å². The second-order valence-electron chi connectivity index (χ2n) is 7.35. The molecule has 1 fully saturated rings. The molecule has 1 aromatic carbocycles. The third kappa shape index (κ3) is 5.91. The summed E-state index contributed by atoms with van der Waals surface area (Å²) in [5.41, 5.74) is 0.265. The lowest BCUT2D eigenvalue weighted by molar-refractivity contribution is -0.124. The minimum atomic E-state index is -0.782. The maximum absolute atomic E-state index is 13.2. The molecule has 2 N–H and O–H groups in total. The Bertz CT molecular complexity index is 877. The quantitative estimate of drug-likeness (QED) is 0.621. The number of halogens is 1. The highest BCUT2D eigenvalue weighted by Gasteiger charge is 2.34. The fourth-order valence-corrected chi connectivity index (χ4v) is 3.60. The first-order valence-electron chi connectivity index (χ1n) is 10.2. The van der Waals surface area contributed by atoms with E-state index < -0.39 is 17.8 Å². The number of nitrogens with one attached hydrogen (secondary N) is 2. The summed E-state index contributed by atoms with van der Waals surface area (Å²) in [7, 11) is 1.53. The second-order valence-corrected chi connectivity index (χ2v) is 7.35. The van der Waals surface area contributed by atoms with Gasteiger partial charge in [-0.25, -0.2) is 4.39 Å². The molecular formula is C22H26FN3O5. The van der Waals surface area contributed by atoms with Crippen LogP contribution in [0.3, 0.4) is 0 Å². The molecule has 0 aliphatic carbocycles. The molecule has 2 heterocycles. The van der Waals surface area contributed by atoms with Crippen molar-refractivity contribution >= 4 is 17.7 Å². The largest absolute Gasteiger partial charge is 0.459 e. The number of hydrogen-bond donors (Lipinski definition) is 2. The number of hydrogen-bond acceptors (Lipinski definition) is 5. The normalized spacial score (nSPS) is 15.4. The Balaban J connectivity index is 1.66. The zero-order valence-electron chi connectivity index (χ0n) is 17.3. The Labute approximate surface area is 179 Å². The van der Waals surface area contributed by atoms with Crippen LogP contribution in [0, 0.1) is 11.7 Å². The minimum Gasteiger partial charge on any atom is -0.459 e. The summed E-state index contributed by atoms with van der Waals surface area (Å²) in [6.45, 7) is 1.55. The van der Waals surface area contributed by atoms with Gasteiger partial charge >= 0.3 is 0 Å². The SMILES string of the molecule is COCCNC(=O)C(NC(=O)c1ccc(F)cc1)C1CCN(C(=O)c2ccco2)CC1. The lowest BCUT2D eigenvalue weighted by Crippen LogP contribution is -2.54. The Kier molecular flexibility index (Phi) is 7.77. The van der Waals surface area contributed by atoms with Crippen LogP contribution < -0.4 is 10.6 Å². The molecule has 1 atom stereocenters. The molecule has 9 heteroatoms. The molecule has 1 aromatic heterocycles. The van der Waals surface area contributed by atoms with Crippen molar-refractivity contribution in [1.82, 2.24) is 15.5 Å². The van der Waals surface area contributed by atoms with Crippen molar-refractivity contribution in [1.29, 1.82) is 0 Å².